The van der Waals surface area contributed by atoms with Crippen LogP contribution in [0.15, 0.2) is 9.59 Å². The minimum absolute atomic E-state index is 0.00616. The number of sulfonamides is 1. The van der Waals surface area contributed by atoms with Gasteiger partial charge in [0, 0.05) is 5.38 Å². The van der Waals surface area contributed by atoms with Crippen molar-refractivity contribution in [3.63, 3.8) is 0 Å². The van der Waals surface area contributed by atoms with Crippen LogP contribution in [-0.4, -0.2) is 20.5 Å². The summed E-state index contributed by atoms with van der Waals surface area (Å²) in [6, 6.07) is 0. The van der Waals surface area contributed by atoms with Gasteiger partial charge in [-0.1, -0.05) is 13.8 Å². The van der Waals surface area contributed by atoms with Gasteiger partial charge in [0.05, 0.1) is 5.56 Å². The summed E-state index contributed by atoms with van der Waals surface area (Å²) in [6.45, 7) is 7.22. The first kappa shape index (κ1) is 15.1. The van der Waals surface area contributed by atoms with Crippen LogP contribution in [0.1, 0.15) is 36.7 Å². The highest BCUT2D eigenvalue weighted by Gasteiger charge is 2.23. The number of nitrogens with two attached hydrogens (primary N) is 1. The summed E-state index contributed by atoms with van der Waals surface area (Å²) in [5, 5.41) is 6.51. The van der Waals surface area contributed by atoms with Crippen LogP contribution in [0.2, 0.25) is 0 Å². The lowest BCUT2D eigenvalue weighted by atomic mass is 10.1. The van der Waals surface area contributed by atoms with Gasteiger partial charge >= 0.3 is 5.97 Å². The predicted octanol–water partition coefficient (Wildman–Crippen LogP) is 1.91. The molecule has 102 valence electrons. The minimum atomic E-state index is -3.78. The molecule has 1 aromatic heterocycles. The highest BCUT2D eigenvalue weighted by atomic mass is 32.2. The van der Waals surface area contributed by atoms with Gasteiger partial charge in [0.25, 0.3) is 0 Å². The number of hydrogen-bond donors (Lipinski definition) is 1. The van der Waals surface area contributed by atoms with Gasteiger partial charge in [0.1, 0.15) is 10.3 Å². The molecule has 18 heavy (non-hydrogen) atoms. The summed E-state index contributed by atoms with van der Waals surface area (Å²) in [5.41, 5.74) is 0.611. The van der Waals surface area contributed by atoms with Crippen molar-refractivity contribution in [3.8, 4) is 0 Å². The summed E-state index contributed by atoms with van der Waals surface area (Å²) in [4.78, 5) is 11.9. The largest absolute Gasteiger partial charge is 0.459 e. The molecule has 1 rings (SSSR count). The maximum Gasteiger partial charge on any atom is 0.339 e. The summed E-state index contributed by atoms with van der Waals surface area (Å²) < 4.78 is 27.8. The number of hydrogen-bond acceptors (Lipinski definition) is 5. The Morgan fingerprint density at radius 1 is 1.39 bits per heavy atom. The molecule has 1 heterocycles. The van der Waals surface area contributed by atoms with Crippen molar-refractivity contribution in [2.45, 2.75) is 38.0 Å². The van der Waals surface area contributed by atoms with Gasteiger partial charge in [0.2, 0.25) is 10.0 Å². The number of carbonyl (C=O) groups is 1. The Labute approximate surface area is 111 Å². The molecule has 2 N–H and O–H groups in total. The highest BCUT2D eigenvalue weighted by Crippen LogP contribution is 2.26. The van der Waals surface area contributed by atoms with Crippen molar-refractivity contribution < 1.29 is 17.9 Å². The quantitative estimate of drug-likeness (QED) is 0.858. The van der Waals surface area contributed by atoms with E-state index in [0.717, 1.165) is 11.3 Å². The maximum absolute atomic E-state index is 11.9. The van der Waals surface area contributed by atoms with Crippen molar-refractivity contribution in [2.24, 2.45) is 11.1 Å². The van der Waals surface area contributed by atoms with Gasteiger partial charge < -0.3 is 4.74 Å². The molecule has 0 aliphatic rings. The zero-order chi connectivity index (χ0) is 14.1. The smallest absolute Gasteiger partial charge is 0.339 e. The van der Waals surface area contributed by atoms with Crippen LogP contribution >= 0.6 is 11.3 Å². The molecule has 7 heteroatoms. The van der Waals surface area contributed by atoms with Crippen LogP contribution in [0.4, 0.5) is 0 Å². The first-order valence-electron chi connectivity index (χ1n) is 5.46. The van der Waals surface area contributed by atoms with Crippen LogP contribution in [-0.2, 0) is 14.8 Å². The minimum Gasteiger partial charge on any atom is -0.459 e. The first-order valence-corrected chi connectivity index (χ1v) is 7.89. The van der Waals surface area contributed by atoms with Gasteiger partial charge in [-0.25, -0.2) is 18.4 Å². The molecule has 0 amide bonds. The van der Waals surface area contributed by atoms with Gasteiger partial charge in [-0.2, -0.15) is 0 Å². The Morgan fingerprint density at radius 3 is 2.33 bits per heavy atom. The molecule has 1 atom stereocenters. The number of thiophene rings is 1. The van der Waals surface area contributed by atoms with E-state index in [-0.39, 0.29) is 21.8 Å². The Hall–Kier alpha value is -0.920. The summed E-state index contributed by atoms with van der Waals surface area (Å²) in [5.74, 6) is -0.314. The molecule has 0 saturated carbocycles. The Kier molecular flexibility index (Phi) is 4.52. The van der Waals surface area contributed by atoms with E-state index in [1.807, 2.05) is 13.8 Å². The predicted molar refractivity (Wildman–Crippen MR) is 70.1 cm³/mol. The molecule has 0 radical (unpaired) electrons. The zero-order valence-corrected chi connectivity index (χ0v) is 12.4. The first-order chi connectivity index (χ1) is 8.14. The normalized spacial score (nSPS) is 13.7. The van der Waals surface area contributed by atoms with E-state index in [0.29, 0.717) is 5.56 Å². The van der Waals surface area contributed by atoms with Gasteiger partial charge in [-0.15, -0.1) is 11.3 Å². The molecule has 1 aromatic rings. The van der Waals surface area contributed by atoms with Crippen molar-refractivity contribution in [1.29, 1.82) is 0 Å². The lowest BCUT2D eigenvalue weighted by Gasteiger charge is -2.16. The van der Waals surface area contributed by atoms with Crippen molar-refractivity contribution in [2.75, 3.05) is 0 Å². The van der Waals surface area contributed by atoms with Crippen LogP contribution in [0, 0.1) is 12.8 Å². The zero-order valence-electron chi connectivity index (χ0n) is 10.8. The van der Waals surface area contributed by atoms with E-state index in [9.17, 15) is 13.2 Å². The molecule has 0 saturated heterocycles. The molecule has 0 fully saturated rings. The number of rotatable bonds is 4. The summed E-state index contributed by atoms with van der Waals surface area (Å²) >= 11 is 0.933. The fraction of sp³-hybridized carbons (Fsp3) is 0.545. The Morgan fingerprint density at radius 2 is 1.94 bits per heavy atom. The Bertz CT molecular complexity index is 545. The second-order valence-corrected chi connectivity index (χ2v) is 7.10. The fourth-order valence-electron chi connectivity index (χ4n) is 1.25. The second kappa shape index (κ2) is 5.38. The summed E-state index contributed by atoms with van der Waals surface area (Å²) in [7, 11) is -3.78. The SMILES string of the molecule is Cc1c(C(=O)OC(C)C(C)C)csc1S(N)(=O)=O. The second-order valence-electron chi connectivity index (χ2n) is 4.46. The third-order valence-electron chi connectivity index (χ3n) is 2.70. The highest BCUT2D eigenvalue weighted by molar-refractivity contribution is 7.91. The van der Waals surface area contributed by atoms with E-state index in [4.69, 9.17) is 9.88 Å². The Balaban J connectivity index is 2.99. The van der Waals surface area contributed by atoms with E-state index >= 15 is 0 Å². The van der Waals surface area contributed by atoms with Gasteiger partial charge in [-0.3, -0.25) is 0 Å². The van der Waals surface area contributed by atoms with Gasteiger partial charge in [0.15, 0.2) is 0 Å². The standard InChI is InChI=1S/C11H17NO4S2/c1-6(2)8(4)16-10(13)9-5-17-11(7(9)3)18(12,14)15/h5-6,8H,1-4H3,(H2,12,14,15). The number of carbonyl (C=O) groups excluding carboxylic acids is 1. The topological polar surface area (TPSA) is 86.5 Å². The number of primary sulfonamides is 1. The third-order valence-corrected chi connectivity index (χ3v) is 5.39. The van der Waals surface area contributed by atoms with E-state index in [2.05, 4.69) is 0 Å². The number of esters is 1. The van der Waals surface area contributed by atoms with Crippen LogP contribution in [0.5, 0.6) is 0 Å². The van der Waals surface area contributed by atoms with Crippen molar-refractivity contribution in [1.82, 2.24) is 0 Å². The van der Waals surface area contributed by atoms with Crippen molar-refractivity contribution >= 4 is 27.3 Å². The monoisotopic (exact) mass is 291 g/mol. The summed E-state index contributed by atoms with van der Waals surface area (Å²) in [6.07, 6.45) is -0.227. The maximum atomic E-state index is 11.9. The molecule has 1 unspecified atom stereocenters. The molecular weight excluding hydrogens is 274 g/mol. The van der Waals surface area contributed by atoms with Crippen molar-refractivity contribution in [3.05, 3.63) is 16.5 Å². The molecule has 0 spiro atoms. The average molecular weight is 291 g/mol. The molecule has 0 aromatic carbocycles. The third kappa shape index (κ3) is 3.30. The van der Waals surface area contributed by atoms with Crippen LogP contribution < -0.4 is 5.14 Å². The lowest BCUT2D eigenvalue weighted by molar-refractivity contribution is 0.0237. The van der Waals surface area contributed by atoms with Gasteiger partial charge in [-0.05, 0) is 25.3 Å². The molecular formula is C11H17NO4S2. The van der Waals surface area contributed by atoms with Crippen LogP contribution in [0.25, 0.3) is 0 Å². The van der Waals surface area contributed by atoms with E-state index < -0.39 is 16.0 Å². The fourth-order valence-corrected chi connectivity index (χ4v) is 3.25. The number of ether oxygens (including phenoxy) is 1. The molecule has 0 aliphatic carbocycles. The van der Waals surface area contributed by atoms with E-state index in [1.165, 1.54) is 5.38 Å². The molecule has 0 aliphatic heterocycles. The molecule has 0 bridgehead atoms. The van der Waals surface area contributed by atoms with E-state index in [1.54, 1.807) is 13.8 Å². The lowest BCUT2D eigenvalue weighted by Crippen LogP contribution is -2.20. The average Bonchev–Trinajstić information content (AvgIpc) is 2.59. The molecule has 5 nitrogen and oxygen atoms in total. The van der Waals surface area contributed by atoms with Crippen LogP contribution in [0.3, 0.4) is 0 Å².